The number of alkyl halides is 3. The third-order valence-electron chi connectivity index (χ3n) is 9.11. The molecule has 3 fully saturated rings. The second-order valence-corrected chi connectivity index (χ2v) is 11.8. The molecule has 0 radical (unpaired) electrons. The van der Waals surface area contributed by atoms with Crippen LogP contribution in [-0.4, -0.2) is 66.6 Å². The quantitative estimate of drug-likeness (QED) is 0.404. The van der Waals surface area contributed by atoms with Crippen LogP contribution in [0.2, 0.25) is 0 Å². The van der Waals surface area contributed by atoms with Gasteiger partial charge in [-0.25, -0.2) is 4.39 Å². The number of nitrogens with zero attached hydrogens (tertiary/aromatic N) is 2. The maximum Gasteiger partial charge on any atom is 0.395 e. The highest BCUT2D eigenvalue weighted by atomic mass is 19.4. The number of hydrogen-bond acceptors (Lipinski definition) is 4. The molecular weight excluding hydrogens is 538 g/mol. The number of likely N-dealkylation sites (tertiary alicyclic amines) is 2. The van der Waals surface area contributed by atoms with Gasteiger partial charge in [-0.05, 0) is 93.8 Å². The van der Waals surface area contributed by atoms with Crippen LogP contribution in [0.1, 0.15) is 61.7 Å². The first-order valence-electron chi connectivity index (χ1n) is 14.5. The maximum atomic E-state index is 15.0. The number of nitrogens with two attached hydrogens (primary N) is 1. The molecule has 1 aliphatic carbocycles. The summed E-state index contributed by atoms with van der Waals surface area (Å²) in [5, 5.41) is 0. The number of primary amides is 1. The summed E-state index contributed by atoms with van der Waals surface area (Å²) in [6.07, 6.45) is 0.647. The number of piperidine rings is 2. The van der Waals surface area contributed by atoms with Crippen molar-refractivity contribution in [1.29, 1.82) is 0 Å². The third-order valence-corrected chi connectivity index (χ3v) is 9.11. The smallest absolute Gasteiger partial charge is 0.395 e. The number of benzene rings is 2. The predicted octanol–water partition coefficient (Wildman–Crippen LogP) is 5.80. The predicted molar refractivity (Wildman–Crippen MR) is 147 cm³/mol. The zero-order valence-electron chi connectivity index (χ0n) is 23.1. The molecule has 0 bridgehead atoms. The van der Waals surface area contributed by atoms with Crippen LogP contribution in [0.5, 0.6) is 5.75 Å². The summed E-state index contributed by atoms with van der Waals surface area (Å²) in [7, 11) is 0. The molecule has 2 saturated heterocycles. The zero-order chi connectivity index (χ0) is 29.2. The van der Waals surface area contributed by atoms with Crippen molar-refractivity contribution in [2.75, 3.05) is 32.8 Å². The van der Waals surface area contributed by atoms with Crippen LogP contribution >= 0.6 is 0 Å². The van der Waals surface area contributed by atoms with Crippen LogP contribution in [0.4, 0.5) is 17.6 Å². The summed E-state index contributed by atoms with van der Waals surface area (Å²) in [5.41, 5.74) is 5.34. The molecule has 2 aromatic carbocycles. The van der Waals surface area contributed by atoms with Gasteiger partial charge in [-0.3, -0.25) is 9.59 Å². The molecule has 3 aliphatic rings. The van der Waals surface area contributed by atoms with Crippen molar-refractivity contribution < 1.29 is 31.9 Å². The molecule has 10 heteroatoms. The summed E-state index contributed by atoms with van der Waals surface area (Å²) < 4.78 is 61.4. The monoisotopic (exact) mass is 575 g/mol. The summed E-state index contributed by atoms with van der Waals surface area (Å²) in [4.78, 5) is 28.2. The SMILES string of the molecule is NC(=O)C1CCCCN1C(=O)c1ccc(-c2ccc(OCC3CCN(CC4(C(F)(F)F)CCC4)CC3)cc2F)cc1. The second kappa shape index (κ2) is 12.0. The van der Waals surface area contributed by atoms with Crippen molar-refractivity contribution in [1.82, 2.24) is 9.80 Å². The highest BCUT2D eigenvalue weighted by Gasteiger charge is 2.58. The van der Waals surface area contributed by atoms with E-state index in [0.29, 0.717) is 61.5 Å². The summed E-state index contributed by atoms with van der Waals surface area (Å²) in [5.74, 6) is -0.630. The normalized spacial score (nSPS) is 21.8. The Morgan fingerprint density at radius 2 is 1.66 bits per heavy atom. The van der Waals surface area contributed by atoms with E-state index in [9.17, 15) is 22.8 Å². The van der Waals surface area contributed by atoms with E-state index in [4.69, 9.17) is 10.5 Å². The van der Waals surface area contributed by atoms with Crippen LogP contribution in [0.25, 0.3) is 11.1 Å². The minimum absolute atomic E-state index is 0.0814. The first-order chi connectivity index (χ1) is 19.6. The molecule has 0 aromatic heterocycles. The van der Waals surface area contributed by atoms with Gasteiger partial charge in [0.25, 0.3) is 5.91 Å². The number of amides is 2. The molecule has 2 aromatic rings. The Morgan fingerprint density at radius 1 is 0.951 bits per heavy atom. The van der Waals surface area contributed by atoms with Gasteiger partial charge in [0.1, 0.15) is 17.6 Å². The van der Waals surface area contributed by atoms with E-state index in [1.807, 2.05) is 4.90 Å². The van der Waals surface area contributed by atoms with E-state index < -0.39 is 29.4 Å². The van der Waals surface area contributed by atoms with E-state index in [2.05, 4.69) is 0 Å². The first kappa shape index (κ1) is 29.4. The van der Waals surface area contributed by atoms with Gasteiger partial charge >= 0.3 is 6.18 Å². The Morgan fingerprint density at radius 3 is 2.24 bits per heavy atom. The number of rotatable bonds is 8. The van der Waals surface area contributed by atoms with Crippen molar-refractivity contribution in [2.24, 2.45) is 17.1 Å². The minimum Gasteiger partial charge on any atom is -0.493 e. The third kappa shape index (κ3) is 6.37. The summed E-state index contributed by atoms with van der Waals surface area (Å²) >= 11 is 0. The van der Waals surface area contributed by atoms with E-state index in [-0.39, 0.29) is 31.2 Å². The lowest BCUT2D eigenvalue weighted by molar-refractivity contribution is -0.256. The first-order valence-corrected chi connectivity index (χ1v) is 14.5. The van der Waals surface area contributed by atoms with Gasteiger partial charge in [0.15, 0.2) is 0 Å². The van der Waals surface area contributed by atoms with Gasteiger partial charge in [0.05, 0.1) is 12.0 Å². The van der Waals surface area contributed by atoms with Gasteiger partial charge in [0, 0.05) is 30.3 Å². The second-order valence-electron chi connectivity index (χ2n) is 11.8. The minimum atomic E-state index is -4.15. The van der Waals surface area contributed by atoms with E-state index in [0.717, 1.165) is 25.7 Å². The number of ether oxygens (including phenoxy) is 1. The molecule has 0 spiro atoms. The van der Waals surface area contributed by atoms with Crippen molar-refractivity contribution in [3.05, 3.63) is 53.8 Å². The van der Waals surface area contributed by atoms with Crippen LogP contribution in [0, 0.1) is 17.2 Å². The van der Waals surface area contributed by atoms with Gasteiger partial charge in [-0.1, -0.05) is 18.6 Å². The lowest BCUT2D eigenvalue weighted by Gasteiger charge is -2.47. The van der Waals surface area contributed by atoms with Crippen LogP contribution in [0.3, 0.4) is 0 Å². The molecule has 2 amide bonds. The molecule has 5 rings (SSSR count). The molecule has 2 heterocycles. The number of halogens is 4. The molecule has 1 atom stereocenters. The number of carbonyl (C=O) groups is 2. The number of hydrogen-bond donors (Lipinski definition) is 1. The molecule has 41 heavy (non-hydrogen) atoms. The fourth-order valence-corrected chi connectivity index (χ4v) is 6.34. The van der Waals surface area contributed by atoms with Crippen LogP contribution in [0.15, 0.2) is 42.5 Å². The van der Waals surface area contributed by atoms with Gasteiger partial charge in [0.2, 0.25) is 5.91 Å². The van der Waals surface area contributed by atoms with E-state index in [1.54, 1.807) is 36.4 Å². The molecule has 1 unspecified atom stereocenters. The Kier molecular flexibility index (Phi) is 8.59. The molecule has 2 aliphatic heterocycles. The Labute approximate surface area is 237 Å². The van der Waals surface area contributed by atoms with Gasteiger partial charge < -0.3 is 20.3 Å². The summed E-state index contributed by atoms with van der Waals surface area (Å²) in [6.45, 7) is 2.16. The molecule has 222 valence electrons. The Bertz CT molecular complexity index is 1240. The Hall–Kier alpha value is -3.14. The maximum absolute atomic E-state index is 15.0. The van der Waals surface area contributed by atoms with Gasteiger partial charge in [-0.2, -0.15) is 13.2 Å². The lowest BCUT2D eigenvalue weighted by atomic mass is 9.67. The fraction of sp³-hybridized carbons (Fsp3) is 0.548. The van der Waals surface area contributed by atoms with Crippen molar-refractivity contribution >= 4 is 11.8 Å². The van der Waals surface area contributed by atoms with Crippen molar-refractivity contribution in [3.8, 4) is 16.9 Å². The average molecular weight is 576 g/mol. The average Bonchev–Trinajstić information content (AvgIpc) is 2.93. The topological polar surface area (TPSA) is 75.9 Å². The largest absolute Gasteiger partial charge is 0.493 e. The van der Waals surface area contributed by atoms with E-state index in [1.165, 1.54) is 11.0 Å². The number of carbonyl (C=O) groups excluding carboxylic acids is 2. The molecule has 1 saturated carbocycles. The van der Waals surface area contributed by atoms with Crippen LogP contribution in [-0.2, 0) is 4.79 Å². The highest BCUT2D eigenvalue weighted by molar-refractivity contribution is 5.97. The van der Waals surface area contributed by atoms with Crippen molar-refractivity contribution in [2.45, 2.75) is 63.6 Å². The standard InChI is InChI=1S/C31H37F4N3O3/c32-26-18-24(41-19-21-11-16-37(17-12-21)20-30(13-3-14-30)31(33,34)35)9-10-25(26)22-5-7-23(8-6-22)29(40)38-15-2-1-4-27(38)28(36)39/h5-10,18,21,27H,1-4,11-17,19-20H2,(H2,36,39). The fourth-order valence-electron chi connectivity index (χ4n) is 6.34. The Balaban J connectivity index is 1.13. The van der Waals surface area contributed by atoms with Crippen LogP contribution < -0.4 is 10.5 Å². The van der Waals surface area contributed by atoms with Crippen molar-refractivity contribution in [3.63, 3.8) is 0 Å². The molecule has 6 nitrogen and oxygen atoms in total. The molecular formula is C31H37F4N3O3. The molecule has 2 N–H and O–H groups in total. The summed E-state index contributed by atoms with van der Waals surface area (Å²) in [6, 6.07) is 10.7. The van der Waals surface area contributed by atoms with Gasteiger partial charge in [-0.15, -0.1) is 0 Å². The van der Waals surface area contributed by atoms with E-state index >= 15 is 4.39 Å². The highest BCUT2D eigenvalue weighted by Crippen LogP contribution is 2.53. The lowest BCUT2D eigenvalue weighted by Crippen LogP contribution is -2.53. The zero-order valence-corrected chi connectivity index (χ0v) is 23.1.